The Balaban J connectivity index is 1.51. The van der Waals surface area contributed by atoms with Gasteiger partial charge in [0.15, 0.2) is 0 Å². The van der Waals surface area contributed by atoms with Gasteiger partial charge in [0, 0.05) is 24.5 Å². The molecule has 41 heavy (non-hydrogen) atoms. The number of benzene rings is 1. The van der Waals surface area contributed by atoms with Crippen molar-refractivity contribution in [2.45, 2.75) is 42.5 Å². The minimum absolute atomic E-state index is 0.0133. The Morgan fingerprint density at radius 1 is 1.15 bits per heavy atom. The van der Waals surface area contributed by atoms with Crippen LogP contribution in [0.2, 0.25) is 5.02 Å². The summed E-state index contributed by atoms with van der Waals surface area (Å²) in [7, 11) is 1.51. The first kappa shape index (κ1) is 29.4. The summed E-state index contributed by atoms with van der Waals surface area (Å²) in [6.45, 7) is 0.833. The fourth-order valence-corrected chi connectivity index (χ4v) is 6.89. The number of thioether (sulfide) groups is 1. The summed E-state index contributed by atoms with van der Waals surface area (Å²) in [4.78, 5) is 32.3. The van der Waals surface area contributed by atoms with E-state index in [1.54, 1.807) is 18.2 Å². The Hall–Kier alpha value is -3.05. The Labute approximate surface area is 252 Å². The van der Waals surface area contributed by atoms with Gasteiger partial charge < -0.3 is 24.3 Å². The van der Waals surface area contributed by atoms with Crippen molar-refractivity contribution in [1.29, 1.82) is 0 Å². The number of aromatic nitrogens is 1. The molecule has 1 saturated carbocycles. The lowest BCUT2D eigenvalue weighted by Gasteiger charge is -2.38. The lowest BCUT2D eigenvalue weighted by molar-refractivity contribution is -0.119. The first-order chi connectivity index (χ1) is 20.0. The number of nitrogens with zero attached hydrogens (tertiary/aromatic N) is 1. The summed E-state index contributed by atoms with van der Waals surface area (Å²) in [5.74, 6) is 0.745. The zero-order valence-electron chi connectivity index (χ0n) is 22.6. The van der Waals surface area contributed by atoms with E-state index in [4.69, 9.17) is 35.5 Å². The van der Waals surface area contributed by atoms with Crippen LogP contribution in [-0.4, -0.2) is 44.0 Å². The third-order valence-corrected chi connectivity index (χ3v) is 9.41. The number of thiophene rings is 1. The molecule has 0 saturated heterocycles. The van der Waals surface area contributed by atoms with Gasteiger partial charge in [-0.2, -0.15) is 11.3 Å². The number of nitrogens with one attached hydrogen (secondary N) is 1. The molecule has 5 rings (SSSR count). The number of hydrogen-bond donors (Lipinski definition) is 1. The summed E-state index contributed by atoms with van der Waals surface area (Å²) in [6.07, 6.45) is 3.96. The van der Waals surface area contributed by atoms with Crippen molar-refractivity contribution in [3.05, 3.63) is 86.2 Å². The van der Waals surface area contributed by atoms with Crippen LogP contribution in [0, 0.1) is 5.92 Å². The van der Waals surface area contributed by atoms with Gasteiger partial charge in [0.1, 0.15) is 22.8 Å². The van der Waals surface area contributed by atoms with Crippen molar-refractivity contribution in [3.63, 3.8) is 0 Å². The molecule has 0 spiro atoms. The predicted octanol–water partition coefficient (Wildman–Crippen LogP) is 6.93. The van der Waals surface area contributed by atoms with Crippen molar-refractivity contribution in [1.82, 2.24) is 10.3 Å². The quantitative estimate of drug-likeness (QED) is 0.183. The van der Waals surface area contributed by atoms with Crippen LogP contribution < -0.4 is 10.1 Å². The zero-order chi connectivity index (χ0) is 28.7. The third kappa shape index (κ3) is 7.06. The molecule has 0 radical (unpaired) electrons. The van der Waals surface area contributed by atoms with Gasteiger partial charge in [-0.25, -0.2) is 9.78 Å². The number of amides is 1. The topological polar surface area (TPSA) is 96.0 Å². The van der Waals surface area contributed by atoms with Gasteiger partial charge in [-0.1, -0.05) is 54.4 Å². The van der Waals surface area contributed by atoms with Crippen LogP contribution in [0.4, 0.5) is 4.79 Å². The molecule has 1 atom stereocenters. The van der Waals surface area contributed by atoms with Gasteiger partial charge in [-0.05, 0) is 59.3 Å². The maximum atomic E-state index is 13.9. The maximum absolute atomic E-state index is 13.9. The summed E-state index contributed by atoms with van der Waals surface area (Å²) < 4.78 is 22.0. The minimum Gasteiger partial charge on any atom is -0.477 e. The molecule has 1 amide bonds. The normalized spacial score (nSPS) is 19.2. The summed E-state index contributed by atoms with van der Waals surface area (Å²) in [6, 6.07) is 14.6. The van der Waals surface area contributed by atoms with Crippen LogP contribution in [0.25, 0.3) is 0 Å². The van der Waals surface area contributed by atoms with E-state index in [1.165, 1.54) is 31.3 Å². The Bertz CT molecular complexity index is 1390. The lowest BCUT2D eigenvalue weighted by atomic mass is 9.81. The molecule has 1 aliphatic carbocycles. The molecule has 3 heterocycles. The van der Waals surface area contributed by atoms with E-state index in [9.17, 15) is 9.59 Å². The van der Waals surface area contributed by atoms with Gasteiger partial charge in [-0.15, -0.1) is 0 Å². The second kappa shape index (κ2) is 13.7. The molecule has 2 aromatic heterocycles. The Morgan fingerprint density at radius 3 is 2.73 bits per heavy atom. The van der Waals surface area contributed by atoms with Crippen LogP contribution >= 0.6 is 34.7 Å². The zero-order valence-corrected chi connectivity index (χ0v) is 25.0. The molecule has 1 N–H and O–H groups in total. The number of pyridine rings is 1. The van der Waals surface area contributed by atoms with E-state index in [-0.39, 0.29) is 30.3 Å². The molecule has 8 nitrogen and oxygen atoms in total. The number of rotatable bonds is 11. The Morgan fingerprint density at radius 2 is 1.98 bits per heavy atom. The number of carbonyl (C=O) groups excluding carboxylic acids is 2. The number of carbonyl (C=O) groups is 2. The second-order valence-electron chi connectivity index (χ2n) is 9.85. The highest BCUT2D eigenvalue weighted by molar-refractivity contribution is 8.04. The van der Waals surface area contributed by atoms with Crippen molar-refractivity contribution < 1.29 is 28.5 Å². The first-order valence-electron chi connectivity index (χ1n) is 13.4. The van der Waals surface area contributed by atoms with E-state index in [0.717, 1.165) is 30.2 Å². The molecule has 216 valence electrons. The maximum Gasteiger partial charge on any atom is 0.513 e. The van der Waals surface area contributed by atoms with Crippen LogP contribution in [-0.2, 0) is 24.5 Å². The van der Waals surface area contributed by atoms with Gasteiger partial charge in [0.2, 0.25) is 5.88 Å². The highest BCUT2D eigenvalue weighted by atomic mass is 35.5. The molecule has 1 aromatic carbocycles. The van der Waals surface area contributed by atoms with E-state index in [2.05, 4.69) is 5.32 Å². The summed E-state index contributed by atoms with van der Waals surface area (Å²) >= 11 is 9.04. The van der Waals surface area contributed by atoms with Crippen LogP contribution in [0.1, 0.15) is 43.4 Å². The third-order valence-electron chi connectivity index (χ3n) is 7.09. The molecule has 2 aliphatic rings. The van der Waals surface area contributed by atoms with E-state index >= 15 is 0 Å². The number of ether oxygens (including phenoxy) is 4. The van der Waals surface area contributed by atoms with E-state index in [1.807, 2.05) is 41.1 Å². The largest absolute Gasteiger partial charge is 0.513 e. The average molecular weight is 615 g/mol. The number of methoxy groups -OCH3 is 1. The molecular formula is C30H31ClN2O6S2. The standard InChI is InChI=1S/C30H31ClN2O6S2/c1-36-14-15-37-29(35)39-23-17-30(21-13-16-40-19-21,33-28(34)27(23)41-24-10-5-4-9-22(24)31)25-11-6-12-26(32-25)38-18-20-7-2-3-8-20/h4-6,9-13,16,19-20H,2-3,7-8,14-15,17-18H2,1H3,(H,33,34). The molecule has 1 unspecified atom stereocenters. The number of hydrogen-bond acceptors (Lipinski definition) is 9. The summed E-state index contributed by atoms with van der Waals surface area (Å²) in [5, 5.41) is 7.55. The smallest absolute Gasteiger partial charge is 0.477 e. The highest BCUT2D eigenvalue weighted by Gasteiger charge is 2.46. The lowest BCUT2D eigenvalue weighted by Crippen LogP contribution is -2.51. The fourth-order valence-electron chi connectivity index (χ4n) is 5.00. The van der Waals surface area contributed by atoms with Crippen molar-refractivity contribution >= 4 is 46.8 Å². The monoisotopic (exact) mass is 614 g/mol. The highest BCUT2D eigenvalue weighted by Crippen LogP contribution is 2.45. The van der Waals surface area contributed by atoms with E-state index in [0.29, 0.717) is 34.0 Å². The van der Waals surface area contributed by atoms with Crippen LogP contribution in [0.3, 0.4) is 0 Å². The van der Waals surface area contributed by atoms with E-state index < -0.39 is 17.6 Å². The molecule has 3 aromatic rings. The van der Waals surface area contributed by atoms with Gasteiger partial charge in [0.05, 0.1) is 23.9 Å². The second-order valence-corrected chi connectivity index (χ2v) is 12.1. The van der Waals surface area contributed by atoms with Crippen molar-refractivity contribution in [2.75, 3.05) is 26.9 Å². The fraction of sp³-hybridized carbons (Fsp3) is 0.367. The van der Waals surface area contributed by atoms with Gasteiger partial charge >= 0.3 is 6.16 Å². The predicted molar refractivity (Wildman–Crippen MR) is 158 cm³/mol. The van der Waals surface area contributed by atoms with Crippen molar-refractivity contribution in [3.8, 4) is 5.88 Å². The van der Waals surface area contributed by atoms with Gasteiger partial charge in [-0.3, -0.25) is 4.79 Å². The average Bonchev–Trinajstić information content (AvgIpc) is 3.70. The minimum atomic E-state index is -1.11. The number of halogens is 1. The first-order valence-corrected chi connectivity index (χ1v) is 15.6. The Kier molecular flexibility index (Phi) is 9.87. The molecule has 0 bridgehead atoms. The SMILES string of the molecule is COCCOC(=O)OC1=C(Sc2ccccc2Cl)C(=O)NC(c2ccsc2)(c2cccc(OCC3CCCC3)n2)C1. The van der Waals surface area contributed by atoms with Crippen LogP contribution in [0.5, 0.6) is 5.88 Å². The van der Waals surface area contributed by atoms with Crippen molar-refractivity contribution in [2.24, 2.45) is 5.92 Å². The molecule has 1 aliphatic heterocycles. The van der Waals surface area contributed by atoms with Crippen LogP contribution in [0.15, 0.2) is 74.9 Å². The van der Waals surface area contributed by atoms with Gasteiger partial charge in [0.25, 0.3) is 5.91 Å². The molecular weight excluding hydrogens is 584 g/mol. The summed E-state index contributed by atoms with van der Waals surface area (Å²) in [5.41, 5.74) is 0.270. The molecule has 11 heteroatoms. The molecule has 1 fully saturated rings.